The van der Waals surface area contributed by atoms with Gasteiger partial charge >= 0.3 is 0 Å². The molecule has 2 aromatic carbocycles. The van der Waals surface area contributed by atoms with Gasteiger partial charge in [0.25, 0.3) is 0 Å². The minimum Gasteiger partial charge on any atom is -0.313 e. The smallest absolute Gasteiger partial charge is 0.132 e. The summed E-state index contributed by atoms with van der Waals surface area (Å²) in [6, 6.07) is 10.1. The van der Waals surface area contributed by atoms with E-state index in [4.69, 9.17) is 0 Å². The first kappa shape index (κ1) is 15.9. The minimum atomic E-state index is -0.540. The van der Waals surface area contributed by atoms with Crippen LogP contribution in [0.2, 0.25) is 0 Å². The second-order valence-electron chi connectivity index (χ2n) is 4.45. The zero-order valence-electron chi connectivity index (χ0n) is 10.8. The van der Waals surface area contributed by atoms with Crippen molar-refractivity contribution in [2.75, 3.05) is 7.05 Å². The van der Waals surface area contributed by atoms with E-state index in [1.54, 1.807) is 7.05 Å². The van der Waals surface area contributed by atoms with Crippen LogP contribution in [0, 0.1) is 15.2 Å². The maximum Gasteiger partial charge on any atom is 0.132 e. The Morgan fingerprint density at radius 1 is 1.15 bits per heavy atom. The lowest BCUT2D eigenvalue weighted by Crippen LogP contribution is -2.21. The number of hydrogen-bond donors (Lipinski definition) is 1. The Hall–Kier alpha value is -0.530. The van der Waals surface area contributed by atoms with Crippen molar-refractivity contribution in [1.82, 2.24) is 5.32 Å². The Kier molecular flexibility index (Phi) is 5.51. The van der Waals surface area contributed by atoms with Crippen LogP contribution in [-0.4, -0.2) is 7.05 Å². The predicted octanol–water partition coefficient (Wildman–Crippen LogP) is 4.84. The summed E-state index contributed by atoms with van der Waals surface area (Å²) in [5, 5.41) is 2.99. The van der Waals surface area contributed by atoms with Gasteiger partial charge in [-0.05, 0) is 65.9 Å². The normalized spacial score (nSPS) is 12.4. The Morgan fingerprint density at radius 2 is 1.70 bits per heavy atom. The molecule has 0 aromatic heterocycles. The van der Waals surface area contributed by atoms with Crippen LogP contribution < -0.4 is 5.32 Å². The zero-order valence-corrected chi connectivity index (χ0v) is 14.5. The molecule has 0 fully saturated rings. The molecule has 0 saturated heterocycles. The largest absolute Gasteiger partial charge is 0.313 e. The van der Waals surface area contributed by atoms with Gasteiger partial charge in [0.15, 0.2) is 0 Å². The van der Waals surface area contributed by atoms with E-state index in [1.165, 1.54) is 12.1 Å². The highest BCUT2D eigenvalue weighted by atomic mass is 127. The summed E-state index contributed by atoms with van der Waals surface area (Å²) in [5.41, 5.74) is 1.11. The molecule has 2 rings (SSSR count). The summed E-state index contributed by atoms with van der Waals surface area (Å²) in [5.74, 6) is -1.08. The number of nitrogens with one attached hydrogen (secondary N) is 1. The van der Waals surface area contributed by atoms with Crippen molar-refractivity contribution in [3.63, 3.8) is 0 Å². The molecular weight excluding hydrogens is 439 g/mol. The van der Waals surface area contributed by atoms with E-state index < -0.39 is 17.7 Å². The van der Waals surface area contributed by atoms with E-state index in [9.17, 15) is 8.78 Å². The monoisotopic (exact) mass is 451 g/mol. The van der Waals surface area contributed by atoms with Gasteiger partial charge in [-0.25, -0.2) is 8.78 Å². The van der Waals surface area contributed by atoms with E-state index in [0.717, 1.165) is 9.13 Å². The van der Waals surface area contributed by atoms with Crippen molar-refractivity contribution in [1.29, 1.82) is 0 Å². The molecule has 0 heterocycles. The van der Waals surface area contributed by atoms with Crippen LogP contribution >= 0.6 is 38.5 Å². The lowest BCUT2D eigenvalue weighted by molar-refractivity contribution is 0.488. The highest BCUT2D eigenvalue weighted by Gasteiger charge is 2.20. The molecule has 0 saturated carbocycles. The molecular formula is C15H13BrF2IN. The van der Waals surface area contributed by atoms with Gasteiger partial charge in [0.2, 0.25) is 0 Å². The molecule has 106 valence electrons. The summed E-state index contributed by atoms with van der Waals surface area (Å²) in [6.07, 6.45) is 0.531. The number of halogens is 4. The molecule has 0 spiro atoms. The molecule has 0 radical (unpaired) electrons. The molecule has 1 unspecified atom stereocenters. The van der Waals surface area contributed by atoms with E-state index in [1.807, 2.05) is 24.3 Å². The minimum absolute atomic E-state index is 0.0780. The number of rotatable bonds is 4. The maximum atomic E-state index is 14.0. The van der Waals surface area contributed by atoms with E-state index in [-0.39, 0.29) is 5.56 Å². The van der Waals surface area contributed by atoms with Gasteiger partial charge < -0.3 is 5.32 Å². The summed E-state index contributed by atoms with van der Waals surface area (Å²) >= 11 is 5.32. The van der Waals surface area contributed by atoms with E-state index in [2.05, 4.69) is 43.8 Å². The van der Waals surface area contributed by atoms with Crippen LogP contribution in [0.15, 0.2) is 40.9 Å². The Labute approximate surface area is 139 Å². The third-order valence-electron chi connectivity index (χ3n) is 3.09. The van der Waals surface area contributed by atoms with Crippen molar-refractivity contribution in [3.05, 3.63) is 67.2 Å². The first-order chi connectivity index (χ1) is 9.51. The van der Waals surface area contributed by atoms with Gasteiger partial charge in [0.05, 0.1) is 0 Å². The first-order valence-electron chi connectivity index (χ1n) is 6.07. The number of hydrogen-bond acceptors (Lipinski definition) is 1. The lowest BCUT2D eigenvalue weighted by Gasteiger charge is -2.18. The van der Waals surface area contributed by atoms with Gasteiger partial charge in [0.1, 0.15) is 11.6 Å². The molecule has 2 aromatic rings. The van der Waals surface area contributed by atoms with E-state index in [0.29, 0.717) is 10.9 Å². The molecule has 0 aliphatic rings. The van der Waals surface area contributed by atoms with Crippen molar-refractivity contribution < 1.29 is 8.78 Å². The van der Waals surface area contributed by atoms with Crippen LogP contribution in [0.25, 0.3) is 0 Å². The highest BCUT2D eigenvalue weighted by Crippen LogP contribution is 2.27. The van der Waals surface area contributed by atoms with Crippen LogP contribution in [0.4, 0.5) is 8.78 Å². The molecule has 1 atom stereocenters. The summed E-state index contributed by atoms with van der Waals surface area (Å²) in [4.78, 5) is 0. The maximum absolute atomic E-state index is 14.0. The van der Waals surface area contributed by atoms with Crippen molar-refractivity contribution in [2.45, 2.75) is 12.5 Å². The molecule has 0 aliphatic carbocycles. The van der Waals surface area contributed by atoms with Crippen LogP contribution in [0.1, 0.15) is 17.2 Å². The fourth-order valence-corrected chi connectivity index (χ4v) is 2.85. The first-order valence-corrected chi connectivity index (χ1v) is 7.94. The molecule has 1 N–H and O–H groups in total. The number of likely N-dealkylation sites (N-methyl/N-ethyl adjacent to an activating group) is 1. The average Bonchev–Trinajstić information content (AvgIpc) is 2.38. The molecule has 1 nitrogen and oxygen atoms in total. The molecule has 20 heavy (non-hydrogen) atoms. The number of benzene rings is 2. The van der Waals surface area contributed by atoms with Crippen molar-refractivity contribution >= 4 is 38.5 Å². The Morgan fingerprint density at radius 3 is 2.20 bits per heavy atom. The van der Waals surface area contributed by atoms with Crippen molar-refractivity contribution in [3.8, 4) is 0 Å². The van der Waals surface area contributed by atoms with Gasteiger partial charge in [-0.2, -0.15) is 0 Å². The van der Waals surface area contributed by atoms with E-state index >= 15 is 0 Å². The molecule has 0 bridgehead atoms. The Balaban J connectivity index is 2.31. The van der Waals surface area contributed by atoms with Gasteiger partial charge in [0, 0.05) is 19.6 Å². The fraction of sp³-hybridized carbons (Fsp3) is 0.200. The summed E-state index contributed by atoms with van der Waals surface area (Å²) < 4.78 is 29.5. The Bertz CT molecular complexity index is 578. The summed E-state index contributed by atoms with van der Waals surface area (Å²) in [6.45, 7) is 0. The van der Waals surface area contributed by atoms with Crippen molar-refractivity contribution in [2.24, 2.45) is 0 Å². The quantitative estimate of drug-likeness (QED) is 0.656. The second kappa shape index (κ2) is 6.95. The topological polar surface area (TPSA) is 12.0 Å². The van der Waals surface area contributed by atoms with Gasteiger partial charge in [-0.15, -0.1) is 0 Å². The van der Waals surface area contributed by atoms with Gasteiger partial charge in [-0.1, -0.05) is 28.1 Å². The fourth-order valence-electron chi connectivity index (χ4n) is 2.09. The van der Waals surface area contributed by atoms with Crippen LogP contribution in [-0.2, 0) is 6.42 Å². The van der Waals surface area contributed by atoms with Crippen LogP contribution in [0.5, 0.6) is 0 Å². The lowest BCUT2D eigenvalue weighted by atomic mass is 9.98. The third-order valence-corrected chi connectivity index (χ3v) is 4.27. The molecule has 0 amide bonds. The standard InChI is InChI=1S/C15H13BrF2IN/c1-20-14(6-9-2-4-11(19)5-3-9)15-12(17)7-10(16)8-13(15)18/h2-5,7-8,14,20H,6H2,1H3. The predicted molar refractivity (Wildman–Crippen MR) is 88.7 cm³/mol. The van der Waals surface area contributed by atoms with Gasteiger partial charge in [-0.3, -0.25) is 0 Å². The second-order valence-corrected chi connectivity index (χ2v) is 6.62. The molecule has 5 heteroatoms. The van der Waals surface area contributed by atoms with Crippen LogP contribution in [0.3, 0.4) is 0 Å². The summed E-state index contributed by atoms with van der Waals surface area (Å²) in [7, 11) is 1.71. The zero-order chi connectivity index (χ0) is 14.7. The third kappa shape index (κ3) is 3.77. The SMILES string of the molecule is CNC(Cc1ccc(I)cc1)c1c(F)cc(Br)cc1F. The molecule has 0 aliphatic heterocycles. The average molecular weight is 452 g/mol. The highest BCUT2D eigenvalue weighted by molar-refractivity contribution is 14.1.